The van der Waals surface area contributed by atoms with Crippen molar-refractivity contribution in [1.29, 1.82) is 0 Å². The van der Waals surface area contributed by atoms with Gasteiger partial charge in [-0.05, 0) is 54.3 Å². The molecule has 0 amide bonds. The summed E-state index contributed by atoms with van der Waals surface area (Å²) in [5, 5.41) is 9.29. The number of aliphatic hydroxyl groups excluding tert-OH is 1. The Balaban J connectivity index is 1.98. The third kappa shape index (κ3) is 1.73. The Bertz CT molecular complexity index is 238. The van der Waals surface area contributed by atoms with Crippen molar-refractivity contribution in [2.24, 2.45) is 28.6 Å². The average molecular weight is 210 g/mol. The van der Waals surface area contributed by atoms with Crippen LogP contribution in [0.15, 0.2) is 0 Å². The molecule has 0 aliphatic heterocycles. The molecule has 2 aliphatic rings. The van der Waals surface area contributed by atoms with E-state index in [1.807, 2.05) is 0 Å². The standard InChI is InChI=1S/C14H26O/c1-10-5-6-12(13(10,2)3)11-7-14(4,8-11)9-15/h10-12,15H,5-9H2,1-4H3. The first-order valence-electron chi connectivity index (χ1n) is 6.50. The first kappa shape index (κ1) is 11.4. The third-order valence-corrected chi connectivity index (χ3v) is 5.60. The van der Waals surface area contributed by atoms with E-state index in [0.717, 1.165) is 17.8 Å². The number of aliphatic hydroxyl groups is 1. The van der Waals surface area contributed by atoms with E-state index >= 15 is 0 Å². The topological polar surface area (TPSA) is 20.2 Å². The lowest BCUT2D eigenvalue weighted by atomic mass is 9.55. The molecule has 2 atom stereocenters. The minimum absolute atomic E-state index is 0.257. The van der Waals surface area contributed by atoms with Crippen LogP contribution < -0.4 is 0 Å². The molecule has 15 heavy (non-hydrogen) atoms. The first-order valence-corrected chi connectivity index (χ1v) is 6.50. The van der Waals surface area contributed by atoms with Gasteiger partial charge in [0, 0.05) is 6.61 Å². The highest BCUT2D eigenvalue weighted by molar-refractivity contribution is 5.00. The second kappa shape index (κ2) is 3.48. The van der Waals surface area contributed by atoms with Gasteiger partial charge in [0.2, 0.25) is 0 Å². The molecular formula is C14H26O. The van der Waals surface area contributed by atoms with Crippen LogP contribution in [-0.4, -0.2) is 11.7 Å². The van der Waals surface area contributed by atoms with E-state index in [2.05, 4.69) is 27.7 Å². The normalized spacial score (nSPS) is 49.0. The van der Waals surface area contributed by atoms with Crippen LogP contribution in [-0.2, 0) is 0 Å². The van der Waals surface area contributed by atoms with Crippen molar-refractivity contribution >= 4 is 0 Å². The van der Waals surface area contributed by atoms with Crippen LogP contribution in [0.25, 0.3) is 0 Å². The Morgan fingerprint density at radius 2 is 1.73 bits per heavy atom. The number of rotatable bonds is 2. The molecule has 2 saturated carbocycles. The fourth-order valence-corrected chi connectivity index (χ4v) is 4.00. The molecule has 0 aromatic rings. The molecule has 0 radical (unpaired) electrons. The average Bonchev–Trinajstić information content (AvgIpc) is 2.38. The van der Waals surface area contributed by atoms with Crippen LogP contribution in [0, 0.1) is 28.6 Å². The summed E-state index contributed by atoms with van der Waals surface area (Å²) in [7, 11) is 0. The largest absolute Gasteiger partial charge is 0.396 e. The van der Waals surface area contributed by atoms with Gasteiger partial charge in [-0.2, -0.15) is 0 Å². The molecule has 1 nitrogen and oxygen atoms in total. The van der Waals surface area contributed by atoms with Gasteiger partial charge in [0.25, 0.3) is 0 Å². The van der Waals surface area contributed by atoms with Crippen molar-refractivity contribution in [1.82, 2.24) is 0 Å². The lowest BCUT2D eigenvalue weighted by Crippen LogP contribution is -2.44. The van der Waals surface area contributed by atoms with E-state index in [1.54, 1.807) is 0 Å². The SMILES string of the molecule is CC1CCC(C2CC(C)(CO)C2)C1(C)C. The fourth-order valence-electron chi connectivity index (χ4n) is 4.00. The summed E-state index contributed by atoms with van der Waals surface area (Å²) in [6.07, 6.45) is 5.33. The van der Waals surface area contributed by atoms with Gasteiger partial charge in [-0.3, -0.25) is 0 Å². The van der Waals surface area contributed by atoms with E-state index in [9.17, 15) is 5.11 Å². The van der Waals surface area contributed by atoms with Crippen molar-refractivity contribution in [3.8, 4) is 0 Å². The monoisotopic (exact) mass is 210 g/mol. The van der Waals surface area contributed by atoms with Crippen LogP contribution in [0.4, 0.5) is 0 Å². The van der Waals surface area contributed by atoms with E-state index < -0.39 is 0 Å². The molecule has 0 heterocycles. The Kier molecular flexibility index (Phi) is 2.65. The summed E-state index contributed by atoms with van der Waals surface area (Å²) in [5.74, 6) is 2.68. The van der Waals surface area contributed by atoms with Gasteiger partial charge in [0.15, 0.2) is 0 Å². The minimum atomic E-state index is 0.257. The zero-order chi connectivity index (χ0) is 11.3. The van der Waals surface area contributed by atoms with Gasteiger partial charge in [-0.15, -0.1) is 0 Å². The number of hydrogen-bond acceptors (Lipinski definition) is 1. The fraction of sp³-hybridized carbons (Fsp3) is 1.00. The van der Waals surface area contributed by atoms with Crippen molar-refractivity contribution in [2.75, 3.05) is 6.61 Å². The highest BCUT2D eigenvalue weighted by Crippen LogP contribution is 2.59. The van der Waals surface area contributed by atoms with E-state index in [1.165, 1.54) is 25.7 Å². The summed E-state index contributed by atoms with van der Waals surface area (Å²) in [6.45, 7) is 9.92. The van der Waals surface area contributed by atoms with Gasteiger partial charge in [-0.1, -0.05) is 27.7 Å². The molecule has 88 valence electrons. The maximum atomic E-state index is 9.29. The summed E-state index contributed by atoms with van der Waals surface area (Å²) in [6, 6.07) is 0. The Morgan fingerprint density at radius 1 is 1.13 bits per heavy atom. The summed E-state index contributed by atoms with van der Waals surface area (Å²) in [4.78, 5) is 0. The molecule has 2 fully saturated rings. The van der Waals surface area contributed by atoms with Crippen LogP contribution in [0.2, 0.25) is 0 Å². The minimum Gasteiger partial charge on any atom is -0.396 e. The zero-order valence-corrected chi connectivity index (χ0v) is 10.7. The van der Waals surface area contributed by atoms with Crippen LogP contribution >= 0.6 is 0 Å². The Morgan fingerprint density at radius 3 is 2.13 bits per heavy atom. The first-order chi connectivity index (χ1) is 6.89. The molecule has 2 unspecified atom stereocenters. The molecule has 0 spiro atoms. The highest BCUT2D eigenvalue weighted by Gasteiger charge is 2.51. The van der Waals surface area contributed by atoms with Gasteiger partial charge >= 0.3 is 0 Å². The van der Waals surface area contributed by atoms with Crippen LogP contribution in [0.1, 0.15) is 53.4 Å². The second-order valence-electron chi connectivity index (χ2n) is 7.04. The van der Waals surface area contributed by atoms with E-state index in [0.29, 0.717) is 12.0 Å². The predicted molar refractivity (Wildman–Crippen MR) is 63.6 cm³/mol. The van der Waals surface area contributed by atoms with Crippen molar-refractivity contribution < 1.29 is 5.11 Å². The zero-order valence-electron chi connectivity index (χ0n) is 10.7. The predicted octanol–water partition coefficient (Wildman–Crippen LogP) is 3.47. The summed E-state index contributed by atoms with van der Waals surface area (Å²) >= 11 is 0. The van der Waals surface area contributed by atoms with Crippen LogP contribution in [0.3, 0.4) is 0 Å². The van der Waals surface area contributed by atoms with Gasteiger partial charge in [0.1, 0.15) is 0 Å². The van der Waals surface area contributed by atoms with Crippen molar-refractivity contribution in [3.05, 3.63) is 0 Å². The van der Waals surface area contributed by atoms with Gasteiger partial charge in [-0.25, -0.2) is 0 Å². The lowest BCUT2D eigenvalue weighted by molar-refractivity contribution is -0.0418. The van der Waals surface area contributed by atoms with Crippen molar-refractivity contribution in [2.45, 2.75) is 53.4 Å². The quantitative estimate of drug-likeness (QED) is 0.740. The van der Waals surface area contributed by atoms with E-state index in [-0.39, 0.29) is 5.41 Å². The van der Waals surface area contributed by atoms with Crippen molar-refractivity contribution in [3.63, 3.8) is 0 Å². The summed E-state index contributed by atoms with van der Waals surface area (Å²) in [5.41, 5.74) is 0.786. The summed E-state index contributed by atoms with van der Waals surface area (Å²) < 4.78 is 0. The Hall–Kier alpha value is -0.0400. The molecule has 0 saturated heterocycles. The molecule has 0 aromatic heterocycles. The van der Waals surface area contributed by atoms with E-state index in [4.69, 9.17) is 0 Å². The lowest BCUT2D eigenvalue weighted by Gasteiger charge is -2.50. The molecular weight excluding hydrogens is 184 g/mol. The maximum absolute atomic E-state index is 9.29. The molecule has 0 aromatic carbocycles. The molecule has 1 N–H and O–H groups in total. The molecule has 2 aliphatic carbocycles. The maximum Gasteiger partial charge on any atom is 0.0484 e. The second-order valence-corrected chi connectivity index (χ2v) is 7.04. The Labute approximate surface area is 94.3 Å². The molecule has 0 bridgehead atoms. The molecule has 1 heteroatoms. The number of hydrogen-bond donors (Lipinski definition) is 1. The highest BCUT2D eigenvalue weighted by atomic mass is 16.3. The smallest absolute Gasteiger partial charge is 0.0484 e. The third-order valence-electron chi connectivity index (χ3n) is 5.60. The molecule has 2 rings (SSSR count). The van der Waals surface area contributed by atoms with Gasteiger partial charge in [0.05, 0.1) is 0 Å². The van der Waals surface area contributed by atoms with Gasteiger partial charge < -0.3 is 5.11 Å². The van der Waals surface area contributed by atoms with Crippen LogP contribution in [0.5, 0.6) is 0 Å².